The average Bonchev–Trinajstić information content (AvgIpc) is 3.14. The highest BCUT2D eigenvalue weighted by Gasteiger charge is 2.47. The Morgan fingerprint density at radius 3 is 2.75 bits per heavy atom. The van der Waals surface area contributed by atoms with Gasteiger partial charge in [-0.25, -0.2) is 4.98 Å². The highest BCUT2D eigenvalue weighted by Crippen LogP contribution is 2.49. The van der Waals surface area contributed by atoms with Crippen molar-refractivity contribution < 1.29 is 0 Å². The van der Waals surface area contributed by atoms with Crippen molar-refractivity contribution in [1.29, 1.82) is 0 Å². The molecule has 0 spiro atoms. The van der Waals surface area contributed by atoms with Gasteiger partial charge in [0.05, 0.1) is 17.1 Å². The molecular formula is C21H31N3. The third-order valence-corrected chi connectivity index (χ3v) is 6.15. The molecule has 1 saturated carbocycles. The van der Waals surface area contributed by atoms with E-state index in [-0.39, 0.29) is 5.54 Å². The Bertz CT molecular complexity index is 724. The van der Waals surface area contributed by atoms with Crippen molar-refractivity contribution in [3.63, 3.8) is 0 Å². The number of fused-ring (bicyclic) bond motifs is 2. The molecule has 1 N–H and O–H groups in total. The van der Waals surface area contributed by atoms with Crippen LogP contribution in [0.15, 0.2) is 18.2 Å². The van der Waals surface area contributed by atoms with Gasteiger partial charge >= 0.3 is 0 Å². The van der Waals surface area contributed by atoms with Gasteiger partial charge in [0.15, 0.2) is 0 Å². The van der Waals surface area contributed by atoms with Gasteiger partial charge in [0.1, 0.15) is 5.82 Å². The molecule has 3 unspecified atom stereocenters. The van der Waals surface area contributed by atoms with Gasteiger partial charge in [-0.3, -0.25) is 4.90 Å². The summed E-state index contributed by atoms with van der Waals surface area (Å²) in [6.07, 6.45) is 7.89. The number of aromatic amines is 1. The minimum Gasteiger partial charge on any atom is -0.341 e. The van der Waals surface area contributed by atoms with E-state index in [0.29, 0.717) is 6.04 Å². The first-order chi connectivity index (χ1) is 11.5. The van der Waals surface area contributed by atoms with E-state index in [1.165, 1.54) is 49.0 Å². The van der Waals surface area contributed by atoms with Crippen LogP contribution in [0.2, 0.25) is 0 Å². The van der Waals surface area contributed by atoms with E-state index in [2.05, 4.69) is 55.8 Å². The molecule has 130 valence electrons. The molecular weight excluding hydrogens is 294 g/mol. The van der Waals surface area contributed by atoms with Crippen LogP contribution in [0.3, 0.4) is 0 Å². The molecule has 1 aliphatic carbocycles. The van der Waals surface area contributed by atoms with Gasteiger partial charge in [0, 0.05) is 11.6 Å². The zero-order chi connectivity index (χ0) is 16.9. The van der Waals surface area contributed by atoms with Crippen LogP contribution >= 0.6 is 0 Å². The van der Waals surface area contributed by atoms with E-state index < -0.39 is 0 Å². The highest BCUT2D eigenvalue weighted by atomic mass is 15.3. The molecule has 24 heavy (non-hydrogen) atoms. The molecule has 4 rings (SSSR count). The molecule has 3 atom stereocenters. The fourth-order valence-corrected chi connectivity index (χ4v) is 5.12. The summed E-state index contributed by atoms with van der Waals surface area (Å²) in [4.78, 5) is 11.4. The summed E-state index contributed by atoms with van der Waals surface area (Å²) in [5.41, 5.74) is 3.88. The summed E-state index contributed by atoms with van der Waals surface area (Å²) in [6.45, 7) is 9.32. The van der Waals surface area contributed by atoms with E-state index in [1.54, 1.807) is 0 Å². The number of rotatable bonds is 2. The standard InChI is InChI=1S/C21H31N3/c1-5-14-10-11-16-17(12-14)23-20(22-16)19-13-15-8-6-7-9-18(15)24(19)21(2,3)4/h10-12,15,18-19H,5-9,13H2,1-4H3,(H,22,23). The Hall–Kier alpha value is -1.35. The van der Waals surface area contributed by atoms with Crippen molar-refractivity contribution in [3.05, 3.63) is 29.6 Å². The molecule has 2 heterocycles. The number of nitrogens with zero attached hydrogens (tertiary/aromatic N) is 2. The molecule has 1 aliphatic heterocycles. The summed E-state index contributed by atoms with van der Waals surface area (Å²) in [7, 11) is 0. The number of benzene rings is 1. The lowest BCUT2D eigenvalue weighted by Gasteiger charge is -2.42. The number of H-pyrrole nitrogens is 1. The topological polar surface area (TPSA) is 31.9 Å². The Balaban J connectivity index is 1.73. The first kappa shape index (κ1) is 16.1. The minimum absolute atomic E-state index is 0.189. The smallest absolute Gasteiger partial charge is 0.124 e. The number of nitrogens with one attached hydrogen (secondary N) is 1. The third-order valence-electron chi connectivity index (χ3n) is 6.15. The summed E-state index contributed by atoms with van der Waals surface area (Å²) in [5.74, 6) is 2.03. The number of aryl methyl sites for hydroxylation is 1. The zero-order valence-electron chi connectivity index (χ0n) is 15.6. The van der Waals surface area contributed by atoms with E-state index in [4.69, 9.17) is 4.98 Å². The van der Waals surface area contributed by atoms with Gasteiger partial charge in [-0.2, -0.15) is 0 Å². The first-order valence-corrected chi connectivity index (χ1v) is 9.74. The summed E-state index contributed by atoms with van der Waals surface area (Å²) in [5, 5.41) is 0. The Labute approximate surface area is 145 Å². The molecule has 2 aliphatic rings. The number of aromatic nitrogens is 2. The van der Waals surface area contributed by atoms with Crippen LogP contribution in [-0.4, -0.2) is 26.4 Å². The van der Waals surface area contributed by atoms with Gasteiger partial charge in [0.2, 0.25) is 0 Å². The number of hydrogen-bond donors (Lipinski definition) is 1. The van der Waals surface area contributed by atoms with Crippen molar-refractivity contribution in [2.45, 2.75) is 83.8 Å². The second-order valence-corrected chi connectivity index (χ2v) is 8.77. The van der Waals surface area contributed by atoms with Gasteiger partial charge < -0.3 is 4.98 Å². The molecule has 0 bridgehead atoms. The van der Waals surface area contributed by atoms with E-state index >= 15 is 0 Å². The fourth-order valence-electron chi connectivity index (χ4n) is 5.12. The maximum absolute atomic E-state index is 5.03. The molecule has 3 nitrogen and oxygen atoms in total. The Morgan fingerprint density at radius 1 is 1.21 bits per heavy atom. The van der Waals surface area contributed by atoms with E-state index in [1.807, 2.05) is 0 Å². The number of imidazole rings is 1. The van der Waals surface area contributed by atoms with Crippen molar-refractivity contribution >= 4 is 11.0 Å². The zero-order valence-corrected chi connectivity index (χ0v) is 15.6. The number of hydrogen-bond acceptors (Lipinski definition) is 2. The van der Waals surface area contributed by atoms with Gasteiger partial charge in [0.25, 0.3) is 0 Å². The molecule has 3 heteroatoms. The predicted octanol–water partition coefficient (Wildman–Crippen LogP) is 5.23. The molecule has 2 aromatic rings. The normalized spacial score (nSPS) is 28.4. The predicted molar refractivity (Wildman–Crippen MR) is 100 cm³/mol. The molecule has 1 saturated heterocycles. The fraction of sp³-hybridized carbons (Fsp3) is 0.667. The Kier molecular flexibility index (Phi) is 3.95. The van der Waals surface area contributed by atoms with Crippen molar-refractivity contribution in [3.8, 4) is 0 Å². The largest absolute Gasteiger partial charge is 0.341 e. The number of likely N-dealkylation sites (tertiary alicyclic amines) is 1. The monoisotopic (exact) mass is 325 g/mol. The lowest BCUT2D eigenvalue weighted by atomic mass is 9.84. The van der Waals surface area contributed by atoms with Crippen molar-refractivity contribution in [2.24, 2.45) is 5.92 Å². The summed E-state index contributed by atoms with van der Waals surface area (Å²) < 4.78 is 0. The minimum atomic E-state index is 0.189. The van der Waals surface area contributed by atoms with Gasteiger partial charge in [-0.15, -0.1) is 0 Å². The van der Waals surface area contributed by atoms with Crippen LogP contribution in [0.5, 0.6) is 0 Å². The SMILES string of the molecule is CCc1ccc2[nH]c(C3CC4CCCCC4N3C(C)(C)C)nc2c1. The maximum Gasteiger partial charge on any atom is 0.124 e. The molecule has 2 fully saturated rings. The molecule has 1 aromatic carbocycles. The van der Waals surface area contributed by atoms with Crippen LogP contribution < -0.4 is 0 Å². The van der Waals surface area contributed by atoms with Crippen molar-refractivity contribution in [1.82, 2.24) is 14.9 Å². The van der Waals surface area contributed by atoms with Crippen LogP contribution in [0.4, 0.5) is 0 Å². The molecule has 0 amide bonds. The quantitative estimate of drug-likeness (QED) is 0.820. The third kappa shape index (κ3) is 2.67. The van der Waals surface area contributed by atoms with Crippen LogP contribution in [0, 0.1) is 5.92 Å². The van der Waals surface area contributed by atoms with Gasteiger partial charge in [-0.1, -0.05) is 25.8 Å². The van der Waals surface area contributed by atoms with Crippen molar-refractivity contribution in [2.75, 3.05) is 0 Å². The summed E-state index contributed by atoms with van der Waals surface area (Å²) in [6, 6.07) is 7.85. The van der Waals surface area contributed by atoms with Gasteiger partial charge in [-0.05, 0) is 70.1 Å². The van der Waals surface area contributed by atoms with Crippen LogP contribution in [0.1, 0.15) is 77.2 Å². The van der Waals surface area contributed by atoms with Crippen LogP contribution in [-0.2, 0) is 6.42 Å². The lowest BCUT2D eigenvalue weighted by Crippen LogP contribution is -2.47. The lowest BCUT2D eigenvalue weighted by molar-refractivity contribution is 0.0513. The van der Waals surface area contributed by atoms with E-state index in [0.717, 1.165) is 23.9 Å². The second kappa shape index (κ2) is 5.87. The average molecular weight is 326 g/mol. The first-order valence-electron chi connectivity index (χ1n) is 9.74. The second-order valence-electron chi connectivity index (χ2n) is 8.77. The molecule has 0 radical (unpaired) electrons. The maximum atomic E-state index is 5.03. The van der Waals surface area contributed by atoms with E-state index in [9.17, 15) is 0 Å². The highest BCUT2D eigenvalue weighted by molar-refractivity contribution is 5.76. The Morgan fingerprint density at radius 2 is 2.00 bits per heavy atom. The molecule has 1 aromatic heterocycles. The van der Waals surface area contributed by atoms with Crippen LogP contribution in [0.25, 0.3) is 11.0 Å². The summed E-state index contributed by atoms with van der Waals surface area (Å²) >= 11 is 0.